The molecule has 7 nitrogen and oxygen atoms in total. The standard InChI is InChI=1S/C17H20N4O3/c1-18-17(23)15-9-14(16(22)19-12-6-7-12)20-21(15)10-11-4-3-5-13(8-11)24-2/h3-5,8-9,12H,6-7,10H2,1-2H3,(H,18,23)(H,19,22). The largest absolute Gasteiger partial charge is 0.497 e. The van der Waals surface area contributed by atoms with E-state index in [1.165, 1.54) is 10.7 Å². The van der Waals surface area contributed by atoms with Crippen molar-refractivity contribution >= 4 is 11.8 Å². The smallest absolute Gasteiger partial charge is 0.272 e. The van der Waals surface area contributed by atoms with E-state index >= 15 is 0 Å². The van der Waals surface area contributed by atoms with Crippen molar-refractivity contribution in [1.82, 2.24) is 20.4 Å². The predicted octanol–water partition coefficient (Wildman–Crippen LogP) is 1.19. The van der Waals surface area contributed by atoms with E-state index in [0.29, 0.717) is 12.2 Å². The van der Waals surface area contributed by atoms with Crippen LogP contribution in [-0.4, -0.2) is 41.8 Å². The summed E-state index contributed by atoms with van der Waals surface area (Å²) in [5.41, 5.74) is 1.53. The van der Waals surface area contributed by atoms with Gasteiger partial charge in [0, 0.05) is 19.2 Å². The van der Waals surface area contributed by atoms with Crippen LogP contribution >= 0.6 is 0 Å². The number of ether oxygens (including phenoxy) is 1. The lowest BCUT2D eigenvalue weighted by Gasteiger charge is -2.08. The molecule has 0 atom stereocenters. The first kappa shape index (κ1) is 16.0. The summed E-state index contributed by atoms with van der Waals surface area (Å²) in [6.07, 6.45) is 2.00. The zero-order valence-corrected chi connectivity index (χ0v) is 13.7. The maximum absolute atomic E-state index is 12.2. The van der Waals surface area contributed by atoms with Gasteiger partial charge in [-0.2, -0.15) is 5.10 Å². The Morgan fingerprint density at radius 2 is 2.08 bits per heavy atom. The van der Waals surface area contributed by atoms with Crippen LogP contribution in [0.5, 0.6) is 5.75 Å². The molecule has 1 heterocycles. The monoisotopic (exact) mass is 328 g/mol. The number of carbonyl (C=O) groups is 2. The number of rotatable bonds is 6. The second-order valence-corrected chi connectivity index (χ2v) is 5.75. The average Bonchev–Trinajstić information content (AvgIpc) is 3.31. The number of benzene rings is 1. The molecule has 0 spiro atoms. The molecule has 0 saturated heterocycles. The molecule has 1 aliphatic rings. The maximum atomic E-state index is 12.2. The molecule has 1 saturated carbocycles. The number of hydrogen-bond acceptors (Lipinski definition) is 4. The van der Waals surface area contributed by atoms with Gasteiger partial charge in [0.15, 0.2) is 5.69 Å². The molecule has 1 aromatic carbocycles. The third-order valence-electron chi connectivity index (χ3n) is 3.85. The first-order valence-corrected chi connectivity index (χ1v) is 7.84. The van der Waals surface area contributed by atoms with Crippen LogP contribution in [0.3, 0.4) is 0 Å². The molecule has 1 fully saturated rings. The fraction of sp³-hybridized carbons (Fsp3) is 0.353. The van der Waals surface area contributed by atoms with Gasteiger partial charge < -0.3 is 15.4 Å². The van der Waals surface area contributed by atoms with Gasteiger partial charge >= 0.3 is 0 Å². The Kier molecular flexibility index (Phi) is 4.50. The van der Waals surface area contributed by atoms with E-state index in [2.05, 4.69) is 15.7 Å². The molecule has 1 aliphatic carbocycles. The summed E-state index contributed by atoms with van der Waals surface area (Å²) in [6.45, 7) is 0.372. The van der Waals surface area contributed by atoms with Crippen LogP contribution in [-0.2, 0) is 6.54 Å². The second kappa shape index (κ2) is 6.74. The van der Waals surface area contributed by atoms with Crippen molar-refractivity contribution in [3.8, 4) is 5.75 Å². The van der Waals surface area contributed by atoms with Crippen molar-refractivity contribution in [1.29, 1.82) is 0 Å². The van der Waals surface area contributed by atoms with Crippen LogP contribution < -0.4 is 15.4 Å². The highest BCUT2D eigenvalue weighted by atomic mass is 16.5. The number of nitrogens with one attached hydrogen (secondary N) is 2. The summed E-state index contributed by atoms with van der Waals surface area (Å²) in [5, 5.41) is 9.78. The Bertz CT molecular complexity index is 765. The quantitative estimate of drug-likeness (QED) is 0.834. The molecule has 1 aromatic heterocycles. The van der Waals surface area contributed by atoms with Gasteiger partial charge in [-0.05, 0) is 30.5 Å². The number of methoxy groups -OCH3 is 1. The summed E-state index contributed by atoms with van der Waals surface area (Å²) in [6, 6.07) is 9.28. The number of amides is 2. The lowest BCUT2D eigenvalue weighted by atomic mass is 10.2. The van der Waals surface area contributed by atoms with E-state index in [4.69, 9.17) is 4.74 Å². The molecule has 3 rings (SSSR count). The average molecular weight is 328 g/mol. The molecule has 0 unspecified atom stereocenters. The van der Waals surface area contributed by atoms with Crippen molar-refractivity contribution in [2.24, 2.45) is 0 Å². The van der Waals surface area contributed by atoms with E-state index in [1.54, 1.807) is 14.2 Å². The van der Waals surface area contributed by atoms with Crippen LogP contribution in [0, 0.1) is 0 Å². The number of aromatic nitrogens is 2. The minimum Gasteiger partial charge on any atom is -0.497 e. The van der Waals surface area contributed by atoms with Gasteiger partial charge in [0.25, 0.3) is 11.8 Å². The lowest BCUT2D eigenvalue weighted by Crippen LogP contribution is -2.25. The third kappa shape index (κ3) is 3.56. The van der Waals surface area contributed by atoms with E-state index in [1.807, 2.05) is 24.3 Å². The van der Waals surface area contributed by atoms with Gasteiger partial charge in [0.1, 0.15) is 11.4 Å². The summed E-state index contributed by atoms with van der Waals surface area (Å²) in [7, 11) is 3.15. The lowest BCUT2D eigenvalue weighted by molar-refractivity contribution is 0.0940. The number of carbonyl (C=O) groups excluding carboxylic acids is 2. The molecule has 0 aliphatic heterocycles. The minimum absolute atomic E-state index is 0.240. The fourth-order valence-corrected chi connectivity index (χ4v) is 2.39. The van der Waals surface area contributed by atoms with Gasteiger partial charge in [-0.25, -0.2) is 0 Å². The molecule has 2 aromatic rings. The van der Waals surface area contributed by atoms with Crippen LogP contribution in [0.4, 0.5) is 0 Å². The van der Waals surface area contributed by atoms with Crippen molar-refractivity contribution < 1.29 is 14.3 Å². The van der Waals surface area contributed by atoms with Crippen LogP contribution in [0.25, 0.3) is 0 Å². The first-order chi connectivity index (χ1) is 11.6. The van der Waals surface area contributed by atoms with Gasteiger partial charge in [-0.3, -0.25) is 14.3 Å². The van der Waals surface area contributed by atoms with Crippen molar-refractivity contribution in [3.05, 3.63) is 47.3 Å². The van der Waals surface area contributed by atoms with Gasteiger partial charge in [-0.1, -0.05) is 12.1 Å². The van der Waals surface area contributed by atoms with Gasteiger partial charge in [0.05, 0.1) is 13.7 Å². The zero-order chi connectivity index (χ0) is 17.1. The zero-order valence-electron chi connectivity index (χ0n) is 13.7. The van der Waals surface area contributed by atoms with E-state index < -0.39 is 0 Å². The molecular formula is C17H20N4O3. The van der Waals surface area contributed by atoms with E-state index in [-0.39, 0.29) is 23.6 Å². The molecule has 126 valence electrons. The molecule has 2 amide bonds. The van der Waals surface area contributed by atoms with Crippen molar-refractivity contribution in [2.75, 3.05) is 14.2 Å². The minimum atomic E-state index is -0.282. The Labute approximate surface area is 140 Å². The van der Waals surface area contributed by atoms with Crippen molar-refractivity contribution in [3.63, 3.8) is 0 Å². The first-order valence-electron chi connectivity index (χ1n) is 7.84. The van der Waals surface area contributed by atoms with Gasteiger partial charge in [0.2, 0.25) is 0 Å². The Morgan fingerprint density at radius 1 is 1.29 bits per heavy atom. The molecule has 0 radical (unpaired) electrons. The Balaban J connectivity index is 1.87. The van der Waals surface area contributed by atoms with E-state index in [9.17, 15) is 9.59 Å². The normalized spacial score (nSPS) is 13.4. The van der Waals surface area contributed by atoms with Crippen LogP contribution in [0.15, 0.2) is 30.3 Å². The maximum Gasteiger partial charge on any atom is 0.272 e. The molecule has 2 N–H and O–H groups in total. The Hall–Kier alpha value is -2.83. The summed E-state index contributed by atoms with van der Waals surface area (Å²) in [5.74, 6) is 0.204. The topological polar surface area (TPSA) is 85.3 Å². The summed E-state index contributed by atoms with van der Waals surface area (Å²) in [4.78, 5) is 24.3. The third-order valence-corrected chi connectivity index (χ3v) is 3.85. The summed E-state index contributed by atoms with van der Waals surface area (Å²) < 4.78 is 6.75. The highest BCUT2D eigenvalue weighted by Crippen LogP contribution is 2.20. The second-order valence-electron chi connectivity index (χ2n) is 5.75. The highest BCUT2D eigenvalue weighted by Gasteiger charge is 2.26. The van der Waals surface area contributed by atoms with Crippen LogP contribution in [0.1, 0.15) is 39.4 Å². The summed E-state index contributed by atoms with van der Waals surface area (Å²) >= 11 is 0. The Morgan fingerprint density at radius 3 is 2.75 bits per heavy atom. The SMILES string of the molecule is CNC(=O)c1cc(C(=O)NC2CC2)nn1Cc1cccc(OC)c1. The van der Waals surface area contributed by atoms with E-state index in [0.717, 1.165) is 24.2 Å². The number of nitrogens with zero attached hydrogens (tertiary/aromatic N) is 2. The van der Waals surface area contributed by atoms with Crippen LogP contribution in [0.2, 0.25) is 0 Å². The molecule has 24 heavy (non-hydrogen) atoms. The molecular weight excluding hydrogens is 308 g/mol. The fourth-order valence-electron chi connectivity index (χ4n) is 2.39. The molecule has 7 heteroatoms. The predicted molar refractivity (Wildman–Crippen MR) is 88.2 cm³/mol. The molecule has 0 bridgehead atoms. The highest BCUT2D eigenvalue weighted by molar-refractivity contribution is 5.98. The number of hydrogen-bond donors (Lipinski definition) is 2. The van der Waals surface area contributed by atoms with Gasteiger partial charge in [-0.15, -0.1) is 0 Å². The van der Waals surface area contributed by atoms with Crippen molar-refractivity contribution in [2.45, 2.75) is 25.4 Å².